The maximum absolute atomic E-state index is 13.1. The Hall–Kier alpha value is -2.89. The molecule has 4 aromatic rings. The Balaban J connectivity index is 1.96. The highest BCUT2D eigenvalue weighted by Gasteiger charge is 2.14. The van der Waals surface area contributed by atoms with Crippen LogP contribution in [0.5, 0.6) is 0 Å². The van der Waals surface area contributed by atoms with Crippen molar-refractivity contribution in [3.63, 3.8) is 0 Å². The van der Waals surface area contributed by atoms with E-state index in [2.05, 4.69) is 15.3 Å². The number of pyridine rings is 1. The monoisotopic (exact) mass is 382 g/mol. The van der Waals surface area contributed by atoms with Crippen LogP contribution in [0.4, 0.5) is 11.6 Å². The first-order valence-electron chi connectivity index (χ1n) is 7.78. The summed E-state index contributed by atoms with van der Waals surface area (Å²) in [6.07, 6.45) is 1.47. The molecule has 0 saturated carbocycles. The molecule has 7 heteroatoms. The maximum Gasteiger partial charge on any atom is 0.269 e. The molecule has 5 nitrogen and oxygen atoms in total. The summed E-state index contributed by atoms with van der Waals surface area (Å²) in [5.41, 5.74) is 1.50. The standard InChI is InChI=1S/C19H12Cl2N4O/c20-12-6-8-14(9-7-12)23-19-24-17-16(10-13(21)11-22-17)18(26)25(19)15-4-2-1-3-5-15/h1-11H,(H,22,23,24). The van der Waals surface area contributed by atoms with Crippen molar-refractivity contribution in [3.8, 4) is 5.69 Å². The second kappa shape index (κ2) is 6.78. The number of halogens is 2. The van der Waals surface area contributed by atoms with E-state index in [0.717, 1.165) is 5.69 Å². The average Bonchev–Trinajstić information content (AvgIpc) is 2.65. The third-order valence-electron chi connectivity index (χ3n) is 3.81. The zero-order chi connectivity index (χ0) is 18.1. The van der Waals surface area contributed by atoms with Crippen molar-refractivity contribution in [2.24, 2.45) is 0 Å². The fourth-order valence-corrected chi connectivity index (χ4v) is 2.89. The van der Waals surface area contributed by atoms with E-state index >= 15 is 0 Å². The molecule has 0 aliphatic heterocycles. The third-order valence-corrected chi connectivity index (χ3v) is 4.26. The second-order valence-corrected chi connectivity index (χ2v) is 6.44. The molecule has 1 N–H and O–H groups in total. The number of para-hydroxylation sites is 1. The van der Waals surface area contributed by atoms with Crippen LogP contribution in [-0.4, -0.2) is 14.5 Å². The Labute approximate surface area is 158 Å². The van der Waals surface area contributed by atoms with E-state index in [-0.39, 0.29) is 5.56 Å². The molecule has 0 aliphatic rings. The number of aromatic nitrogens is 3. The topological polar surface area (TPSA) is 59.8 Å². The van der Waals surface area contributed by atoms with Crippen molar-refractivity contribution in [2.75, 3.05) is 5.32 Å². The van der Waals surface area contributed by atoms with Crippen LogP contribution < -0.4 is 10.9 Å². The number of benzene rings is 2. The summed E-state index contributed by atoms with van der Waals surface area (Å²) in [5.74, 6) is 0.353. The summed E-state index contributed by atoms with van der Waals surface area (Å²) in [6, 6.07) is 18.0. The summed E-state index contributed by atoms with van der Waals surface area (Å²) in [4.78, 5) is 21.8. The van der Waals surface area contributed by atoms with Crippen LogP contribution in [0.1, 0.15) is 0 Å². The SMILES string of the molecule is O=c1c2cc(Cl)cnc2nc(Nc2ccc(Cl)cc2)n1-c1ccccc1. The summed E-state index contributed by atoms with van der Waals surface area (Å²) < 4.78 is 1.49. The molecule has 2 heterocycles. The van der Waals surface area contributed by atoms with Gasteiger partial charge >= 0.3 is 0 Å². The molecule has 0 spiro atoms. The van der Waals surface area contributed by atoms with Crippen molar-refractivity contribution in [3.05, 3.63) is 87.3 Å². The number of fused-ring (bicyclic) bond motifs is 1. The molecule has 0 unspecified atom stereocenters. The second-order valence-electron chi connectivity index (χ2n) is 5.57. The molecule has 4 rings (SSSR count). The Morgan fingerprint density at radius 2 is 1.65 bits per heavy atom. The zero-order valence-corrected chi connectivity index (χ0v) is 14.9. The highest BCUT2D eigenvalue weighted by molar-refractivity contribution is 6.31. The average molecular weight is 383 g/mol. The Kier molecular flexibility index (Phi) is 4.32. The molecule has 0 saturated heterocycles. The van der Waals surface area contributed by atoms with Gasteiger partial charge in [0, 0.05) is 16.9 Å². The first kappa shape index (κ1) is 16.6. The van der Waals surface area contributed by atoms with Crippen LogP contribution in [0, 0.1) is 0 Å². The van der Waals surface area contributed by atoms with Crippen LogP contribution in [-0.2, 0) is 0 Å². The lowest BCUT2D eigenvalue weighted by molar-refractivity contribution is 0.968. The van der Waals surface area contributed by atoms with Gasteiger partial charge in [-0.3, -0.25) is 4.79 Å². The van der Waals surface area contributed by atoms with Crippen LogP contribution in [0.25, 0.3) is 16.7 Å². The van der Waals surface area contributed by atoms with E-state index < -0.39 is 0 Å². The lowest BCUT2D eigenvalue weighted by Gasteiger charge is -2.14. The molecule has 0 bridgehead atoms. The van der Waals surface area contributed by atoms with Crippen molar-refractivity contribution in [1.82, 2.24) is 14.5 Å². The highest BCUT2D eigenvalue weighted by atomic mass is 35.5. The molecule has 2 aromatic heterocycles. The van der Waals surface area contributed by atoms with Gasteiger partial charge in [0.15, 0.2) is 5.65 Å². The summed E-state index contributed by atoms with van der Waals surface area (Å²) in [7, 11) is 0. The quantitative estimate of drug-likeness (QED) is 0.551. The molecule has 0 radical (unpaired) electrons. The van der Waals surface area contributed by atoms with E-state index in [1.54, 1.807) is 18.2 Å². The van der Waals surface area contributed by atoms with Crippen LogP contribution >= 0.6 is 23.2 Å². The van der Waals surface area contributed by atoms with Gasteiger partial charge < -0.3 is 5.32 Å². The van der Waals surface area contributed by atoms with Gasteiger partial charge in [0.25, 0.3) is 5.56 Å². The summed E-state index contributed by atoms with van der Waals surface area (Å²) >= 11 is 11.9. The molecule has 2 aromatic carbocycles. The Morgan fingerprint density at radius 3 is 2.38 bits per heavy atom. The predicted molar refractivity (Wildman–Crippen MR) is 105 cm³/mol. The number of rotatable bonds is 3. The van der Waals surface area contributed by atoms with Gasteiger partial charge in [-0.25, -0.2) is 9.55 Å². The molecule has 0 amide bonds. The van der Waals surface area contributed by atoms with E-state index in [9.17, 15) is 4.79 Å². The first-order chi connectivity index (χ1) is 12.6. The van der Waals surface area contributed by atoms with Gasteiger partial charge in [-0.2, -0.15) is 4.98 Å². The fourth-order valence-electron chi connectivity index (χ4n) is 2.61. The molecular formula is C19H12Cl2N4O. The summed E-state index contributed by atoms with van der Waals surface area (Å²) in [5, 5.41) is 4.52. The van der Waals surface area contributed by atoms with Gasteiger partial charge in [-0.05, 0) is 42.5 Å². The lowest BCUT2D eigenvalue weighted by Crippen LogP contribution is -2.23. The van der Waals surface area contributed by atoms with Gasteiger partial charge in [0.1, 0.15) is 0 Å². The molecule has 0 fully saturated rings. The first-order valence-corrected chi connectivity index (χ1v) is 8.54. The zero-order valence-electron chi connectivity index (χ0n) is 13.4. The Morgan fingerprint density at radius 1 is 0.923 bits per heavy atom. The van der Waals surface area contributed by atoms with Gasteiger partial charge in [-0.15, -0.1) is 0 Å². The van der Waals surface area contributed by atoms with Gasteiger partial charge in [0.05, 0.1) is 16.1 Å². The largest absolute Gasteiger partial charge is 0.325 e. The molecule has 0 atom stereocenters. The lowest BCUT2D eigenvalue weighted by atomic mass is 10.3. The summed E-state index contributed by atoms with van der Waals surface area (Å²) in [6.45, 7) is 0. The van der Waals surface area contributed by atoms with Crippen molar-refractivity contribution in [2.45, 2.75) is 0 Å². The van der Waals surface area contributed by atoms with Gasteiger partial charge in [0.2, 0.25) is 5.95 Å². The minimum Gasteiger partial charge on any atom is -0.325 e. The predicted octanol–water partition coefficient (Wildman–Crippen LogP) is 4.83. The van der Waals surface area contributed by atoms with E-state index in [1.165, 1.54) is 10.8 Å². The van der Waals surface area contributed by atoms with Crippen LogP contribution in [0.3, 0.4) is 0 Å². The van der Waals surface area contributed by atoms with Crippen molar-refractivity contribution in [1.29, 1.82) is 0 Å². The third kappa shape index (κ3) is 3.14. The minimum atomic E-state index is -0.257. The molecule has 0 aliphatic carbocycles. The molecule has 26 heavy (non-hydrogen) atoms. The van der Waals surface area contributed by atoms with Gasteiger partial charge in [-0.1, -0.05) is 41.4 Å². The number of hydrogen-bond acceptors (Lipinski definition) is 4. The number of nitrogens with zero attached hydrogens (tertiary/aromatic N) is 3. The van der Waals surface area contributed by atoms with Crippen molar-refractivity contribution < 1.29 is 0 Å². The normalized spacial score (nSPS) is 10.8. The van der Waals surface area contributed by atoms with E-state index in [4.69, 9.17) is 23.2 Å². The van der Waals surface area contributed by atoms with Crippen LogP contribution in [0.15, 0.2) is 71.7 Å². The van der Waals surface area contributed by atoms with Crippen molar-refractivity contribution >= 4 is 45.9 Å². The molecule has 128 valence electrons. The van der Waals surface area contributed by atoms with Crippen LogP contribution in [0.2, 0.25) is 10.0 Å². The van der Waals surface area contributed by atoms with E-state index in [1.807, 2.05) is 42.5 Å². The number of nitrogens with one attached hydrogen (secondary N) is 1. The van der Waals surface area contributed by atoms with E-state index in [0.29, 0.717) is 32.7 Å². The smallest absolute Gasteiger partial charge is 0.269 e. The molecular weight excluding hydrogens is 371 g/mol. The number of anilines is 2. The Bertz CT molecular complexity index is 1140. The fraction of sp³-hybridized carbons (Fsp3) is 0. The number of hydrogen-bond donors (Lipinski definition) is 1. The minimum absolute atomic E-state index is 0.257. The maximum atomic E-state index is 13.1. The highest BCUT2D eigenvalue weighted by Crippen LogP contribution is 2.21.